The van der Waals surface area contributed by atoms with Crippen LogP contribution in [0.3, 0.4) is 0 Å². The van der Waals surface area contributed by atoms with E-state index in [1.165, 1.54) is 42.2 Å². The molecule has 0 amide bonds. The maximum Gasteiger partial charge on any atom is 0.338 e. The molecule has 0 fully saturated rings. The Morgan fingerprint density at radius 2 is 1.52 bits per heavy atom. The monoisotopic (exact) mass is 364 g/mol. The Morgan fingerprint density at radius 3 is 2.11 bits per heavy atom. The molecule has 0 aliphatic heterocycles. The van der Waals surface area contributed by atoms with Crippen LogP contribution in [-0.2, 0) is 15.6 Å². The van der Waals surface area contributed by atoms with Crippen molar-refractivity contribution in [3.63, 3.8) is 0 Å². The van der Waals surface area contributed by atoms with Gasteiger partial charge in [-0.05, 0) is 64.5 Å². The number of esters is 1. The number of rotatable bonds is 3. The smallest absolute Gasteiger partial charge is 0.338 e. The van der Waals surface area contributed by atoms with E-state index in [0.29, 0.717) is 5.56 Å². The SMILES string of the molecule is COC(=O)c1ccccc1C(C)c1cc2c(cc1C)C(C)(C)CCC2(C)C. The Balaban J connectivity index is 2.16. The molecule has 1 unspecified atom stereocenters. The van der Waals surface area contributed by atoms with Crippen molar-refractivity contribution in [2.75, 3.05) is 7.11 Å². The molecule has 27 heavy (non-hydrogen) atoms. The van der Waals surface area contributed by atoms with Gasteiger partial charge in [-0.2, -0.15) is 0 Å². The highest BCUT2D eigenvalue weighted by Crippen LogP contribution is 2.47. The number of hydrogen-bond acceptors (Lipinski definition) is 2. The van der Waals surface area contributed by atoms with Crippen LogP contribution >= 0.6 is 0 Å². The van der Waals surface area contributed by atoms with E-state index in [1.807, 2.05) is 24.3 Å². The lowest BCUT2D eigenvalue weighted by molar-refractivity contribution is 0.0599. The molecule has 0 radical (unpaired) electrons. The van der Waals surface area contributed by atoms with Crippen molar-refractivity contribution in [3.8, 4) is 0 Å². The lowest BCUT2D eigenvalue weighted by Gasteiger charge is -2.42. The third-order valence-electron chi connectivity index (χ3n) is 6.54. The van der Waals surface area contributed by atoms with E-state index in [4.69, 9.17) is 4.74 Å². The number of hydrogen-bond donors (Lipinski definition) is 0. The van der Waals surface area contributed by atoms with Crippen molar-refractivity contribution < 1.29 is 9.53 Å². The lowest BCUT2D eigenvalue weighted by atomic mass is 9.62. The minimum Gasteiger partial charge on any atom is -0.465 e. The molecule has 0 bridgehead atoms. The largest absolute Gasteiger partial charge is 0.465 e. The predicted octanol–water partition coefficient (Wildman–Crippen LogP) is 6.28. The fourth-order valence-corrected chi connectivity index (χ4v) is 4.54. The number of fused-ring (bicyclic) bond motifs is 1. The summed E-state index contributed by atoms with van der Waals surface area (Å²) in [6.45, 7) is 13.8. The molecule has 144 valence electrons. The molecule has 0 N–H and O–H groups in total. The molecule has 0 spiro atoms. The van der Waals surface area contributed by atoms with Crippen LogP contribution in [0.1, 0.15) is 91.6 Å². The van der Waals surface area contributed by atoms with Gasteiger partial charge in [0.25, 0.3) is 0 Å². The van der Waals surface area contributed by atoms with Gasteiger partial charge in [0, 0.05) is 5.92 Å². The second kappa shape index (κ2) is 6.82. The quantitative estimate of drug-likeness (QED) is 0.599. The van der Waals surface area contributed by atoms with E-state index in [0.717, 1.165) is 5.56 Å². The summed E-state index contributed by atoms with van der Waals surface area (Å²) in [4.78, 5) is 12.3. The molecule has 2 heteroatoms. The first-order valence-corrected chi connectivity index (χ1v) is 9.91. The first kappa shape index (κ1) is 19.7. The third-order valence-corrected chi connectivity index (χ3v) is 6.54. The second-order valence-electron chi connectivity index (χ2n) is 9.32. The molecule has 2 aromatic rings. The highest BCUT2D eigenvalue weighted by atomic mass is 16.5. The molecule has 1 aliphatic rings. The van der Waals surface area contributed by atoms with Gasteiger partial charge in [0.1, 0.15) is 0 Å². The van der Waals surface area contributed by atoms with Crippen molar-refractivity contribution >= 4 is 5.97 Å². The minimum atomic E-state index is -0.269. The van der Waals surface area contributed by atoms with Crippen LogP contribution in [0.2, 0.25) is 0 Å². The molecule has 0 aromatic heterocycles. The second-order valence-corrected chi connectivity index (χ2v) is 9.32. The van der Waals surface area contributed by atoms with Crippen molar-refractivity contribution in [3.05, 3.63) is 69.8 Å². The summed E-state index contributed by atoms with van der Waals surface area (Å²) in [5.74, 6) is -0.138. The van der Waals surface area contributed by atoms with Crippen LogP contribution in [0.25, 0.3) is 0 Å². The summed E-state index contributed by atoms with van der Waals surface area (Å²) in [6.07, 6.45) is 2.41. The van der Waals surface area contributed by atoms with Crippen LogP contribution in [0.15, 0.2) is 36.4 Å². The van der Waals surface area contributed by atoms with Gasteiger partial charge in [0.05, 0.1) is 12.7 Å². The Hall–Kier alpha value is -2.09. The molecule has 3 rings (SSSR count). The van der Waals surface area contributed by atoms with Crippen molar-refractivity contribution in [2.45, 2.75) is 71.1 Å². The van der Waals surface area contributed by atoms with E-state index in [-0.39, 0.29) is 22.7 Å². The number of carbonyl (C=O) groups excluding carboxylic acids is 1. The standard InChI is InChI=1S/C25H32O2/c1-16-14-21-22(25(5,6)13-12-24(21,3)4)15-20(16)17(2)18-10-8-9-11-19(18)23(26)27-7/h8-11,14-15,17H,12-13H2,1-7H3. The molecule has 0 saturated carbocycles. The van der Waals surface area contributed by atoms with Gasteiger partial charge in [-0.15, -0.1) is 0 Å². The maximum atomic E-state index is 12.3. The van der Waals surface area contributed by atoms with Gasteiger partial charge in [0.2, 0.25) is 0 Å². The topological polar surface area (TPSA) is 26.3 Å². The highest BCUT2D eigenvalue weighted by Gasteiger charge is 2.37. The van der Waals surface area contributed by atoms with E-state index >= 15 is 0 Å². The zero-order valence-corrected chi connectivity index (χ0v) is 17.8. The first-order chi connectivity index (χ1) is 12.6. The molecule has 2 nitrogen and oxygen atoms in total. The summed E-state index contributed by atoms with van der Waals surface area (Å²) in [5.41, 5.74) is 7.61. The van der Waals surface area contributed by atoms with E-state index in [2.05, 4.69) is 53.7 Å². The lowest BCUT2D eigenvalue weighted by Crippen LogP contribution is -2.34. The first-order valence-electron chi connectivity index (χ1n) is 9.91. The number of carbonyl (C=O) groups is 1. The molecule has 1 atom stereocenters. The summed E-state index contributed by atoms with van der Waals surface area (Å²) >= 11 is 0. The van der Waals surface area contributed by atoms with Gasteiger partial charge in [0.15, 0.2) is 0 Å². The third kappa shape index (κ3) is 3.42. The number of ether oxygens (including phenoxy) is 1. The van der Waals surface area contributed by atoms with Crippen LogP contribution in [0, 0.1) is 6.92 Å². The Labute approximate surface area is 164 Å². The summed E-state index contributed by atoms with van der Waals surface area (Å²) in [6, 6.07) is 12.6. The average Bonchev–Trinajstić information content (AvgIpc) is 2.64. The van der Waals surface area contributed by atoms with Crippen molar-refractivity contribution in [2.24, 2.45) is 0 Å². The van der Waals surface area contributed by atoms with Gasteiger partial charge >= 0.3 is 5.97 Å². The van der Waals surface area contributed by atoms with E-state index in [9.17, 15) is 4.79 Å². The van der Waals surface area contributed by atoms with Gasteiger partial charge in [-0.25, -0.2) is 4.79 Å². The highest BCUT2D eigenvalue weighted by molar-refractivity contribution is 5.91. The Bertz CT molecular complexity index is 874. The number of aryl methyl sites for hydroxylation is 1. The van der Waals surface area contributed by atoms with Crippen LogP contribution in [-0.4, -0.2) is 13.1 Å². The summed E-state index contributed by atoms with van der Waals surface area (Å²) in [5, 5.41) is 0. The van der Waals surface area contributed by atoms with Crippen LogP contribution < -0.4 is 0 Å². The summed E-state index contributed by atoms with van der Waals surface area (Å²) in [7, 11) is 1.44. The fourth-order valence-electron chi connectivity index (χ4n) is 4.54. The molecule has 0 saturated heterocycles. The van der Waals surface area contributed by atoms with E-state index < -0.39 is 0 Å². The minimum absolute atomic E-state index is 0.131. The molecule has 2 aromatic carbocycles. The van der Waals surface area contributed by atoms with Crippen LogP contribution in [0.5, 0.6) is 0 Å². The molecular formula is C25H32O2. The van der Waals surface area contributed by atoms with Gasteiger partial charge in [-0.3, -0.25) is 0 Å². The van der Waals surface area contributed by atoms with Crippen LogP contribution in [0.4, 0.5) is 0 Å². The van der Waals surface area contributed by atoms with Crippen molar-refractivity contribution in [1.29, 1.82) is 0 Å². The fraction of sp³-hybridized carbons (Fsp3) is 0.480. The average molecular weight is 365 g/mol. The van der Waals surface area contributed by atoms with E-state index in [1.54, 1.807) is 0 Å². The predicted molar refractivity (Wildman–Crippen MR) is 112 cm³/mol. The van der Waals surface area contributed by atoms with Gasteiger partial charge in [-0.1, -0.05) is 65.0 Å². The zero-order valence-electron chi connectivity index (χ0n) is 17.8. The molecular weight excluding hydrogens is 332 g/mol. The number of methoxy groups -OCH3 is 1. The molecule has 1 aliphatic carbocycles. The van der Waals surface area contributed by atoms with Gasteiger partial charge < -0.3 is 4.74 Å². The molecule has 0 heterocycles. The zero-order chi connectivity index (χ0) is 20.0. The number of benzene rings is 2. The Kier molecular flexibility index (Phi) is 4.96. The normalized spacial score (nSPS) is 18.5. The van der Waals surface area contributed by atoms with Crippen molar-refractivity contribution in [1.82, 2.24) is 0 Å². The Morgan fingerprint density at radius 1 is 0.963 bits per heavy atom. The maximum absolute atomic E-state index is 12.3. The summed E-state index contributed by atoms with van der Waals surface area (Å²) < 4.78 is 5.01.